The average Bonchev–Trinajstić information content (AvgIpc) is 2.14. The molecular weight excluding hydrogens is 194 g/mol. The van der Waals surface area contributed by atoms with Gasteiger partial charge in [0.2, 0.25) is 5.91 Å². The number of amides is 1. The Kier molecular flexibility index (Phi) is 5.33. The lowest BCUT2D eigenvalue weighted by atomic mass is 9.94. The van der Waals surface area contributed by atoms with Crippen molar-refractivity contribution in [2.24, 2.45) is 17.8 Å². The lowest BCUT2D eigenvalue weighted by Crippen LogP contribution is -2.42. The molecule has 0 saturated carbocycles. The SMILES string of the molecule is CC(C)C(C)NC(=O)C(C)C(C)C(=O)O. The maximum Gasteiger partial charge on any atom is 0.307 e. The van der Waals surface area contributed by atoms with Crippen LogP contribution >= 0.6 is 0 Å². The van der Waals surface area contributed by atoms with Crippen LogP contribution in [0.25, 0.3) is 0 Å². The molecule has 0 aromatic rings. The molecule has 4 heteroatoms. The van der Waals surface area contributed by atoms with Gasteiger partial charge in [0.1, 0.15) is 0 Å². The molecule has 0 aromatic heterocycles. The Morgan fingerprint density at radius 1 is 1.00 bits per heavy atom. The largest absolute Gasteiger partial charge is 0.481 e. The Bertz CT molecular complexity index is 238. The van der Waals surface area contributed by atoms with Gasteiger partial charge in [0, 0.05) is 12.0 Å². The number of hydrogen-bond acceptors (Lipinski definition) is 2. The quantitative estimate of drug-likeness (QED) is 0.730. The van der Waals surface area contributed by atoms with E-state index in [4.69, 9.17) is 5.11 Å². The minimum atomic E-state index is -0.935. The third-order valence-corrected chi connectivity index (χ3v) is 2.92. The summed E-state index contributed by atoms with van der Waals surface area (Å²) in [7, 11) is 0. The lowest BCUT2D eigenvalue weighted by molar-refractivity contribution is -0.146. The number of carboxylic acid groups (broad SMARTS) is 1. The average molecular weight is 215 g/mol. The molecule has 0 radical (unpaired) electrons. The first-order valence-corrected chi connectivity index (χ1v) is 5.30. The molecule has 0 aromatic carbocycles. The molecule has 1 amide bonds. The summed E-state index contributed by atoms with van der Waals surface area (Å²) in [5.41, 5.74) is 0. The molecule has 0 heterocycles. The van der Waals surface area contributed by atoms with Crippen LogP contribution in [0.15, 0.2) is 0 Å². The summed E-state index contributed by atoms with van der Waals surface area (Å²) in [6.07, 6.45) is 0. The summed E-state index contributed by atoms with van der Waals surface area (Å²) in [5.74, 6) is -1.92. The number of aliphatic carboxylic acids is 1. The third-order valence-electron chi connectivity index (χ3n) is 2.92. The number of hydrogen-bond donors (Lipinski definition) is 2. The number of carboxylic acids is 1. The van der Waals surface area contributed by atoms with Crippen LogP contribution < -0.4 is 5.32 Å². The molecule has 2 N–H and O–H groups in total. The standard InChI is InChI=1S/C11H21NO3/c1-6(2)9(5)12-10(13)7(3)8(4)11(14)15/h6-9H,1-5H3,(H,12,13)(H,14,15). The van der Waals surface area contributed by atoms with Crippen molar-refractivity contribution in [3.8, 4) is 0 Å². The van der Waals surface area contributed by atoms with E-state index in [2.05, 4.69) is 5.32 Å². The smallest absolute Gasteiger partial charge is 0.307 e. The second-order valence-corrected chi connectivity index (χ2v) is 4.46. The van der Waals surface area contributed by atoms with Gasteiger partial charge in [-0.05, 0) is 12.8 Å². The van der Waals surface area contributed by atoms with E-state index in [0.29, 0.717) is 5.92 Å². The predicted molar refractivity (Wildman–Crippen MR) is 58.4 cm³/mol. The zero-order valence-corrected chi connectivity index (χ0v) is 10.1. The molecule has 15 heavy (non-hydrogen) atoms. The number of carbonyl (C=O) groups excluding carboxylic acids is 1. The highest BCUT2D eigenvalue weighted by molar-refractivity contribution is 5.84. The van der Waals surface area contributed by atoms with E-state index in [1.54, 1.807) is 13.8 Å². The number of carbonyl (C=O) groups is 2. The van der Waals surface area contributed by atoms with Gasteiger partial charge in [-0.1, -0.05) is 27.7 Å². The highest BCUT2D eigenvalue weighted by atomic mass is 16.4. The molecule has 3 unspecified atom stereocenters. The van der Waals surface area contributed by atoms with Crippen molar-refractivity contribution < 1.29 is 14.7 Å². The van der Waals surface area contributed by atoms with Crippen molar-refractivity contribution in [2.75, 3.05) is 0 Å². The van der Waals surface area contributed by atoms with Crippen molar-refractivity contribution in [3.63, 3.8) is 0 Å². The van der Waals surface area contributed by atoms with Crippen LogP contribution in [0.5, 0.6) is 0 Å². The molecule has 0 spiro atoms. The minimum absolute atomic E-state index is 0.0703. The zero-order chi connectivity index (χ0) is 12.2. The topological polar surface area (TPSA) is 66.4 Å². The molecule has 0 saturated heterocycles. The van der Waals surface area contributed by atoms with Gasteiger partial charge in [-0.15, -0.1) is 0 Å². The number of nitrogens with one attached hydrogen (secondary N) is 1. The summed E-state index contributed by atoms with van der Waals surface area (Å²) in [5, 5.41) is 11.6. The summed E-state index contributed by atoms with van der Waals surface area (Å²) < 4.78 is 0. The first kappa shape index (κ1) is 13.9. The van der Waals surface area contributed by atoms with Gasteiger partial charge >= 0.3 is 5.97 Å². The summed E-state index contributed by atoms with van der Waals surface area (Å²) in [6, 6.07) is 0.0703. The maximum absolute atomic E-state index is 11.6. The van der Waals surface area contributed by atoms with Crippen LogP contribution in [0.1, 0.15) is 34.6 Å². The first-order valence-electron chi connectivity index (χ1n) is 5.30. The van der Waals surface area contributed by atoms with Crippen molar-refractivity contribution in [3.05, 3.63) is 0 Å². The molecule has 88 valence electrons. The molecule has 0 aliphatic heterocycles. The Morgan fingerprint density at radius 2 is 1.47 bits per heavy atom. The normalized spacial score (nSPS) is 16.9. The molecule has 0 bridgehead atoms. The van der Waals surface area contributed by atoms with Gasteiger partial charge in [-0.3, -0.25) is 9.59 Å². The van der Waals surface area contributed by atoms with E-state index in [-0.39, 0.29) is 11.9 Å². The van der Waals surface area contributed by atoms with E-state index >= 15 is 0 Å². The molecule has 0 rings (SSSR count). The Morgan fingerprint density at radius 3 is 1.80 bits per heavy atom. The number of rotatable bonds is 5. The van der Waals surface area contributed by atoms with Crippen LogP contribution in [0, 0.1) is 17.8 Å². The van der Waals surface area contributed by atoms with Crippen LogP contribution in [-0.2, 0) is 9.59 Å². The highest BCUT2D eigenvalue weighted by Gasteiger charge is 2.26. The van der Waals surface area contributed by atoms with E-state index in [1.807, 2.05) is 20.8 Å². The van der Waals surface area contributed by atoms with Crippen molar-refractivity contribution in [1.29, 1.82) is 0 Å². The van der Waals surface area contributed by atoms with Gasteiger partial charge in [0.15, 0.2) is 0 Å². The fourth-order valence-corrected chi connectivity index (χ4v) is 0.963. The summed E-state index contributed by atoms with van der Waals surface area (Å²) in [4.78, 5) is 22.3. The Labute approximate surface area is 91.1 Å². The lowest BCUT2D eigenvalue weighted by Gasteiger charge is -2.22. The van der Waals surface area contributed by atoms with Crippen molar-refractivity contribution in [1.82, 2.24) is 5.32 Å². The monoisotopic (exact) mass is 215 g/mol. The fraction of sp³-hybridized carbons (Fsp3) is 0.818. The second-order valence-electron chi connectivity index (χ2n) is 4.46. The molecule has 0 aliphatic carbocycles. The second kappa shape index (κ2) is 5.73. The van der Waals surface area contributed by atoms with Gasteiger partial charge in [0.25, 0.3) is 0 Å². The molecule has 0 fully saturated rings. The Hall–Kier alpha value is -1.06. The molecular formula is C11H21NO3. The van der Waals surface area contributed by atoms with Crippen LogP contribution in [-0.4, -0.2) is 23.0 Å². The van der Waals surface area contributed by atoms with Crippen LogP contribution in [0.3, 0.4) is 0 Å². The van der Waals surface area contributed by atoms with E-state index < -0.39 is 17.8 Å². The molecule has 3 atom stereocenters. The van der Waals surface area contributed by atoms with E-state index in [0.717, 1.165) is 0 Å². The fourth-order valence-electron chi connectivity index (χ4n) is 0.963. The summed E-state index contributed by atoms with van der Waals surface area (Å²) in [6.45, 7) is 9.13. The Balaban J connectivity index is 4.27. The van der Waals surface area contributed by atoms with E-state index in [1.165, 1.54) is 0 Å². The third kappa shape index (κ3) is 4.32. The van der Waals surface area contributed by atoms with Crippen molar-refractivity contribution in [2.45, 2.75) is 40.7 Å². The molecule has 4 nitrogen and oxygen atoms in total. The molecule has 0 aliphatic rings. The maximum atomic E-state index is 11.6. The first-order chi connectivity index (χ1) is 6.77. The van der Waals surface area contributed by atoms with Crippen LogP contribution in [0.4, 0.5) is 0 Å². The minimum Gasteiger partial charge on any atom is -0.481 e. The zero-order valence-electron chi connectivity index (χ0n) is 10.1. The predicted octanol–water partition coefficient (Wildman–Crippen LogP) is 1.50. The highest BCUT2D eigenvalue weighted by Crippen LogP contribution is 2.12. The van der Waals surface area contributed by atoms with Gasteiger partial charge in [0.05, 0.1) is 5.92 Å². The van der Waals surface area contributed by atoms with Crippen LogP contribution in [0.2, 0.25) is 0 Å². The van der Waals surface area contributed by atoms with Crippen molar-refractivity contribution >= 4 is 11.9 Å². The van der Waals surface area contributed by atoms with E-state index in [9.17, 15) is 9.59 Å². The van der Waals surface area contributed by atoms with Gasteiger partial charge in [-0.2, -0.15) is 0 Å². The van der Waals surface area contributed by atoms with Gasteiger partial charge < -0.3 is 10.4 Å². The summed E-state index contributed by atoms with van der Waals surface area (Å²) >= 11 is 0. The van der Waals surface area contributed by atoms with Gasteiger partial charge in [-0.25, -0.2) is 0 Å².